The molecule has 0 radical (unpaired) electrons. The van der Waals surface area contributed by atoms with Crippen molar-refractivity contribution in [3.8, 4) is 24.5 Å². The molecule has 0 saturated heterocycles. The van der Waals surface area contributed by atoms with Gasteiger partial charge in [-0.25, -0.2) is 23.7 Å². The molecule has 0 aliphatic heterocycles. The molecule has 8 nitrogen and oxygen atoms in total. The Morgan fingerprint density at radius 3 is 2.13 bits per heavy atom. The molecule has 0 aliphatic carbocycles. The average molecular weight is 528 g/mol. The van der Waals surface area contributed by atoms with E-state index in [2.05, 4.69) is 51.8 Å². The van der Waals surface area contributed by atoms with Crippen LogP contribution in [0.1, 0.15) is 77.4 Å². The lowest BCUT2D eigenvalue weighted by molar-refractivity contribution is 0.272. The standard InChI is InChI=1S/C21H23F2N7O.C3H8.C2H6.C2H2/c1-3-12(9-15(24)18-13(22)5-4-6-14(18)23)19(25)11(2)16-7-8-26-20(27-16)21-28-17(10-31)29-30-21;1-3-2;2*1-2/h4-9,11,31H,3,10,24-25H2,1-2H3,(H,28,29,30);3H2,1-2H3;1-2H3;1-2H/b15-9-,19-12-;;;. The largest absolute Gasteiger partial charge is 0.401 e. The molecule has 1 aromatic carbocycles. The maximum absolute atomic E-state index is 14.1. The Morgan fingerprint density at radius 2 is 1.63 bits per heavy atom. The number of terminal acetylenes is 1. The summed E-state index contributed by atoms with van der Waals surface area (Å²) in [6, 6.07) is 5.28. The summed E-state index contributed by atoms with van der Waals surface area (Å²) in [6.45, 7) is 11.7. The highest BCUT2D eigenvalue weighted by molar-refractivity contribution is 5.66. The number of nitrogens with two attached hydrogens (primary N) is 2. The van der Waals surface area contributed by atoms with E-state index in [1.54, 1.807) is 12.3 Å². The molecule has 10 heteroatoms. The van der Waals surface area contributed by atoms with Crippen molar-refractivity contribution < 1.29 is 13.9 Å². The van der Waals surface area contributed by atoms with Crippen LogP contribution in [0.5, 0.6) is 0 Å². The SMILES string of the molecule is C#C.CC.CCC.CCC(/C=C(\N)c1c(F)cccc1F)=C(/N)C(C)c1ccnc(-c2n[nH]c(CO)n2)n1. The summed E-state index contributed by atoms with van der Waals surface area (Å²) < 4.78 is 28.1. The third-order valence-electron chi connectivity index (χ3n) is 4.80. The number of rotatable bonds is 7. The highest BCUT2D eigenvalue weighted by atomic mass is 19.1. The third kappa shape index (κ3) is 9.41. The molecule has 3 aromatic rings. The van der Waals surface area contributed by atoms with Gasteiger partial charge in [0.25, 0.3) is 0 Å². The number of aliphatic hydroxyl groups excluding tert-OH is 1. The normalized spacial score (nSPS) is 11.9. The number of H-pyrrole nitrogens is 1. The van der Waals surface area contributed by atoms with Crippen molar-refractivity contribution in [2.45, 2.75) is 66.9 Å². The van der Waals surface area contributed by atoms with Gasteiger partial charge in [-0.2, -0.15) is 0 Å². The number of aliphatic hydroxyl groups is 1. The molecule has 0 aliphatic rings. The summed E-state index contributed by atoms with van der Waals surface area (Å²) >= 11 is 0. The molecule has 3 rings (SSSR count). The number of halogens is 2. The molecule has 0 saturated carbocycles. The van der Waals surface area contributed by atoms with Gasteiger partial charge in [-0.15, -0.1) is 17.9 Å². The van der Waals surface area contributed by atoms with Crippen LogP contribution < -0.4 is 11.5 Å². The van der Waals surface area contributed by atoms with Crippen molar-refractivity contribution in [2.75, 3.05) is 0 Å². The van der Waals surface area contributed by atoms with Gasteiger partial charge in [-0.05, 0) is 36.3 Å². The number of nitrogens with zero attached hydrogens (tertiary/aromatic N) is 4. The average Bonchev–Trinajstić information content (AvgIpc) is 3.43. The lowest BCUT2D eigenvalue weighted by atomic mass is 9.96. The van der Waals surface area contributed by atoms with E-state index >= 15 is 0 Å². The second kappa shape index (κ2) is 18.2. The van der Waals surface area contributed by atoms with Gasteiger partial charge in [0.2, 0.25) is 5.82 Å². The van der Waals surface area contributed by atoms with Crippen LogP contribution >= 0.6 is 0 Å². The van der Waals surface area contributed by atoms with Gasteiger partial charge in [-0.3, -0.25) is 5.10 Å². The summed E-state index contributed by atoms with van der Waals surface area (Å²) in [5, 5.41) is 15.7. The van der Waals surface area contributed by atoms with Crippen molar-refractivity contribution in [3.63, 3.8) is 0 Å². The van der Waals surface area contributed by atoms with Crippen LogP contribution in [0.25, 0.3) is 17.3 Å². The number of allylic oxidation sites excluding steroid dienone is 3. The zero-order valence-electron chi connectivity index (χ0n) is 23.0. The monoisotopic (exact) mass is 527 g/mol. The first-order valence-corrected chi connectivity index (χ1v) is 12.4. The Labute approximate surface area is 224 Å². The maximum Gasteiger partial charge on any atom is 0.219 e. The topological polar surface area (TPSA) is 140 Å². The van der Waals surface area contributed by atoms with Crippen molar-refractivity contribution in [3.05, 3.63) is 76.5 Å². The highest BCUT2D eigenvalue weighted by Gasteiger charge is 2.17. The number of benzene rings is 1. The predicted octanol–water partition coefficient (Wildman–Crippen LogP) is 5.45. The van der Waals surface area contributed by atoms with Gasteiger partial charge < -0.3 is 16.6 Å². The van der Waals surface area contributed by atoms with Crippen LogP contribution in [0.2, 0.25) is 0 Å². The molecule has 0 fully saturated rings. The molecule has 1 atom stereocenters. The Bertz CT molecular complexity index is 1180. The van der Waals surface area contributed by atoms with Crippen LogP contribution in [0, 0.1) is 24.5 Å². The summed E-state index contributed by atoms with van der Waals surface area (Å²) in [6.07, 6.45) is 12.8. The number of aromatic amines is 1. The smallest absolute Gasteiger partial charge is 0.219 e. The van der Waals surface area contributed by atoms with Gasteiger partial charge in [0.1, 0.15) is 18.2 Å². The second-order valence-corrected chi connectivity index (χ2v) is 7.53. The fraction of sp³-hybridized carbons (Fsp3) is 0.357. The van der Waals surface area contributed by atoms with Gasteiger partial charge in [-0.1, -0.05) is 54.0 Å². The summed E-state index contributed by atoms with van der Waals surface area (Å²) in [4.78, 5) is 12.7. The van der Waals surface area contributed by atoms with Crippen molar-refractivity contribution in [1.82, 2.24) is 25.1 Å². The molecule has 38 heavy (non-hydrogen) atoms. The van der Waals surface area contributed by atoms with Crippen molar-refractivity contribution in [1.29, 1.82) is 0 Å². The Balaban J connectivity index is 0.00000179. The zero-order valence-corrected chi connectivity index (χ0v) is 23.0. The fourth-order valence-corrected chi connectivity index (χ4v) is 3.05. The fourth-order valence-electron chi connectivity index (χ4n) is 3.05. The molecule has 1 unspecified atom stereocenters. The van der Waals surface area contributed by atoms with E-state index in [1.807, 2.05) is 27.7 Å². The van der Waals surface area contributed by atoms with E-state index in [9.17, 15) is 8.78 Å². The van der Waals surface area contributed by atoms with E-state index in [0.29, 0.717) is 29.2 Å². The molecule has 0 amide bonds. The molecular formula is C28H39F2N7O. The van der Waals surface area contributed by atoms with Gasteiger partial charge >= 0.3 is 0 Å². The summed E-state index contributed by atoms with van der Waals surface area (Å²) in [7, 11) is 0. The zero-order chi connectivity index (χ0) is 29.3. The minimum atomic E-state index is -0.745. The molecule has 206 valence electrons. The lowest BCUT2D eigenvalue weighted by Gasteiger charge is -2.16. The Kier molecular flexibility index (Phi) is 16.2. The van der Waals surface area contributed by atoms with Crippen LogP contribution in [-0.2, 0) is 6.61 Å². The number of hydrogen-bond acceptors (Lipinski definition) is 7. The first-order valence-electron chi connectivity index (χ1n) is 12.4. The molecule has 2 aromatic heterocycles. The number of hydrogen-bond donors (Lipinski definition) is 4. The number of nitrogens with one attached hydrogen (secondary N) is 1. The summed E-state index contributed by atoms with van der Waals surface area (Å²) in [5.74, 6) is -1.02. The number of aromatic nitrogens is 5. The van der Waals surface area contributed by atoms with E-state index in [1.165, 1.54) is 18.6 Å². The minimum Gasteiger partial charge on any atom is -0.401 e. The molecule has 6 N–H and O–H groups in total. The predicted molar refractivity (Wildman–Crippen MR) is 149 cm³/mol. The van der Waals surface area contributed by atoms with Crippen LogP contribution in [0.3, 0.4) is 0 Å². The third-order valence-corrected chi connectivity index (χ3v) is 4.80. The lowest BCUT2D eigenvalue weighted by Crippen LogP contribution is -2.13. The minimum absolute atomic E-state index is 0.0526. The molecule has 2 heterocycles. The second-order valence-electron chi connectivity index (χ2n) is 7.53. The Hall–Kier alpha value is -4.10. The quantitative estimate of drug-likeness (QED) is 0.237. The first-order chi connectivity index (χ1) is 18.3. The van der Waals surface area contributed by atoms with Crippen molar-refractivity contribution in [2.24, 2.45) is 11.5 Å². The molecular weight excluding hydrogens is 488 g/mol. The summed E-state index contributed by atoms with van der Waals surface area (Å²) in [5.41, 5.74) is 13.7. The first kappa shape index (κ1) is 33.9. The maximum atomic E-state index is 14.1. The van der Waals surface area contributed by atoms with Gasteiger partial charge in [0, 0.05) is 23.5 Å². The van der Waals surface area contributed by atoms with Crippen molar-refractivity contribution >= 4 is 5.70 Å². The Morgan fingerprint density at radius 1 is 1.05 bits per heavy atom. The van der Waals surface area contributed by atoms with Gasteiger partial charge in [0.05, 0.1) is 11.3 Å². The van der Waals surface area contributed by atoms with Gasteiger partial charge in [0.15, 0.2) is 11.6 Å². The van der Waals surface area contributed by atoms with Crippen LogP contribution in [-0.4, -0.2) is 30.3 Å². The highest BCUT2D eigenvalue weighted by Crippen LogP contribution is 2.26. The van der Waals surface area contributed by atoms with E-state index in [4.69, 9.17) is 16.6 Å². The van der Waals surface area contributed by atoms with E-state index in [-0.39, 0.29) is 35.4 Å². The molecule has 0 bridgehead atoms. The van der Waals surface area contributed by atoms with Crippen LogP contribution in [0.15, 0.2) is 47.8 Å². The van der Waals surface area contributed by atoms with Crippen LogP contribution in [0.4, 0.5) is 8.78 Å². The van der Waals surface area contributed by atoms with E-state index in [0.717, 1.165) is 12.1 Å². The molecule has 0 spiro atoms. The van der Waals surface area contributed by atoms with E-state index < -0.39 is 11.6 Å².